The first-order valence-corrected chi connectivity index (χ1v) is 9.44. The molecule has 0 aliphatic heterocycles. The fourth-order valence-corrected chi connectivity index (χ4v) is 3.53. The van der Waals surface area contributed by atoms with Gasteiger partial charge in [0.15, 0.2) is 11.5 Å². The van der Waals surface area contributed by atoms with E-state index >= 15 is 0 Å². The van der Waals surface area contributed by atoms with Gasteiger partial charge in [0.1, 0.15) is 0 Å². The van der Waals surface area contributed by atoms with Gasteiger partial charge in [0, 0.05) is 17.4 Å². The Balaban J connectivity index is 1.54. The molecule has 0 radical (unpaired) electrons. The van der Waals surface area contributed by atoms with Gasteiger partial charge in [-0.1, -0.05) is 12.1 Å². The van der Waals surface area contributed by atoms with Gasteiger partial charge in [-0.3, -0.25) is 4.68 Å². The Hall–Kier alpha value is -2.95. The first kappa shape index (κ1) is 17.5. The number of nitrogen functional groups attached to an aromatic ring is 1. The van der Waals surface area contributed by atoms with Crippen LogP contribution in [-0.2, 0) is 6.54 Å². The lowest BCUT2D eigenvalue weighted by molar-refractivity contribution is 0.201. The molecule has 2 N–H and O–H groups in total. The molecule has 0 saturated heterocycles. The lowest BCUT2D eigenvalue weighted by Gasteiger charge is -2.16. The van der Waals surface area contributed by atoms with Crippen LogP contribution in [0.3, 0.4) is 0 Å². The molecule has 1 aliphatic rings. The standard InChI is InChI=1S/C22H25N3O2/c1-26-21-11-8-17(14-22(21)27-19-4-2-3-5-19)20-12-13-25(24-20)15-16-6-9-18(23)10-7-16/h6-14,19H,2-5,15,23H2,1H3. The van der Waals surface area contributed by atoms with Crippen molar-refractivity contribution in [2.45, 2.75) is 38.3 Å². The number of nitrogens with zero attached hydrogens (tertiary/aromatic N) is 2. The van der Waals surface area contributed by atoms with Gasteiger partial charge in [0.05, 0.1) is 25.5 Å². The molecule has 4 rings (SSSR count). The average molecular weight is 363 g/mol. The Morgan fingerprint density at radius 1 is 1.04 bits per heavy atom. The van der Waals surface area contributed by atoms with Crippen molar-refractivity contribution >= 4 is 5.69 Å². The lowest BCUT2D eigenvalue weighted by Crippen LogP contribution is -2.11. The van der Waals surface area contributed by atoms with Crippen LogP contribution in [0.4, 0.5) is 5.69 Å². The molecular formula is C22H25N3O2. The Kier molecular flexibility index (Phi) is 5.01. The van der Waals surface area contributed by atoms with Crippen molar-refractivity contribution in [3.63, 3.8) is 0 Å². The lowest BCUT2D eigenvalue weighted by atomic mass is 10.1. The van der Waals surface area contributed by atoms with Crippen molar-refractivity contribution in [3.8, 4) is 22.8 Å². The Bertz CT molecular complexity index is 896. The quantitative estimate of drug-likeness (QED) is 0.655. The molecular weight excluding hydrogens is 338 g/mol. The molecule has 0 amide bonds. The fourth-order valence-electron chi connectivity index (χ4n) is 3.53. The van der Waals surface area contributed by atoms with E-state index in [9.17, 15) is 0 Å². The number of ether oxygens (including phenoxy) is 2. The van der Waals surface area contributed by atoms with Crippen molar-refractivity contribution < 1.29 is 9.47 Å². The molecule has 27 heavy (non-hydrogen) atoms. The normalized spacial score (nSPS) is 14.4. The molecule has 1 heterocycles. The molecule has 1 aliphatic carbocycles. The summed E-state index contributed by atoms with van der Waals surface area (Å²) in [5.74, 6) is 1.57. The molecule has 1 fully saturated rings. The highest BCUT2D eigenvalue weighted by Gasteiger charge is 2.19. The third-order valence-electron chi connectivity index (χ3n) is 5.02. The molecule has 0 unspecified atom stereocenters. The summed E-state index contributed by atoms with van der Waals surface area (Å²) in [7, 11) is 1.68. The van der Waals surface area contributed by atoms with Crippen molar-refractivity contribution in [1.29, 1.82) is 0 Å². The highest BCUT2D eigenvalue weighted by atomic mass is 16.5. The maximum absolute atomic E-state index is 6.20. The molecule has 0 spiro atoms. The van der Waals surface area contributed by atoms with Gasteiger partial charge in [-0.15, -0.1) is 0 Å². The van der Waals surface area contributed by atoms with Crippen LogP contribution in [0.5, 0.6) is 11.5 Å². The number of hydrogen-bond acceptors (Lipinski definition) is 4. The topological polar surface area (TPSA) is 62.3 Å². The van der Waals surface area contributed by atoms with E-state index in [1.807, 2.05) is 59.4 Å². The van der Waals surface area contributed by atoms with E-state index in [1.54, 1.807) is 7.11 Å². The molecule has 0 bridgehead atoms. The summed E-state index contributed by atoms with van der Waals surface area (Å²) in [6.07, 6.45) is 6.99. The van der Waals surface area contributed by atoms with Crippen LogP contribution >= 0.6 is 0 Å². The predicted octanol–water partition coefficient (Wildman–Crippen LogP) is 4.51. The fraction of sp³-hybridized carbons (Fsp3) is 0.318. The highest BCUT2D eigenvalue weighted by Crippen LogP contribution is 2.35. The molecule has 1 saturated carbocycles. The summed E-state index contributed by atoms with van der Waals surface area (Å²) in [5, 5.41) is 4.72. The maximum atomic E-state index is 6.20. The molecule has 2 aromatic carbocycles. The van der Waals surface area contributed by atoms with E-state index < -0.39 is 0 Å². The van der Waals surface area contributed by atoms with Gasteiger partial charge < -0.3 is 15.2 Å². The zero-order valence-electron chi connectivity index (χ0n) is 15.6. The summed E-state index contributed by atoms with van der Waals surface area (Å²) in [5.41, 5.74) is 9.64. The molecule has 5 nitrogen and oxygen atoms in total. The van der Waals surface area contributed by atoms with Crippen molar-refractivity contribution in [2.24, 2.45) is 0 Å². The number of rotatable bonds is 6. The van der Waals surface area contributed by atoms with Crippen molar-refractivity contribution in [3.05, 3.63) is 60.3 Å². The maximum Gasteiger partial charge on any atom is 0.162 e. The molecule has 1 aromatic heterocycles. The van der Waals surface area contributed by atoms with E-state index in [0.717, 1.165) is 41.3 Å². The molecule has 5 heteroatoms. The predicted molar refractivity (Wildman–Crippen MR) is 107 cm³/mol. The monoisotopic (exact) mass is 363 g/mol. The summed E-state index contributed by atoms with van der Waals surface area (Å²) in [6.45, 7) is 0.710. The van der Waals surface area contributed by atoms with Gasteiger partial charge in [0.25, 0.3) is 0 Å². The summed E-state index contributed by atoms with van der Waals surface area (Å²) in [4.78, 5) is 0. The SMILES string of the molecule is COc1ccc(-c2ccn(Cc3ccc(N)cc3)n2)cc1OC1CCCC1. The first-order valence-electron chi connectivity index (χ1n) is 9.44. The van der Waals surface area contributed by atoms with Gasteiger partial charge >= 0.3 is 0 Å². The van der Waals surface area contributed by atoms with Gasteiger partial charge in [-0.05, 0) is 67.6 Å². The van der Waals surface area contributed by atoms with Crippen LogP contribution < -0.4 is 15.2 Å². The second kappa shape index (κ2) is 7.74. The minimum absolute atomic E-state index is 0.289. The van der Waals surface area contributed by atoms with Crippen molar-refractivity contribution in [1.82, 2.24) is 9.78 Å². The Labute approximate surface area is 159 Å². The molecule has 140 valence electrons. The Morgan fingerprint density at radius 2 is 1.81 bits per heavy atom. The van der Waals surface area contributed by atoms with Gasteiger partial charge in [-0.2, -0.15) is 5.10 Å². The van der Waals surface area contributed by atoms with Crippen molar-refractivity contribution in [2.75, 3.05) is 12.8 Å². The minimum atomic E-state index is 0.289. The highest BCUT2D eigenvalue weighted by molar-refractivity contribution is 5.63. The third-order valence-corrected chi connectivity index (χ3v) is 5.02. The summed E-state index contributed by atoms with van der Waals surface area (Å²) in [6, 6.07) is 15.9. The van der Waals surface area contributed by atoms with E-state index in [2.05, 4.69) is 0 Å². The van der Waals surface area contributed by atoms with Crippen LogP contribution in [0.15, 0.2) is 54.7 Å². The van der Waals surface area contributed by atoms with Gasteiger partial charge in [0.2, 0.25) is 0 Å². The van der Waals surface area contributed by atoms with E-state index in [0.29, 0.717) is 6.54 Å². The van der Waals surface area contributed by atoms with E-state index in [4.69, 9.17) is 20.3 Å². The third kappa shape index (κ3) is 4.08. The summed E-state index contributed by atoms with van der Waals surface area (Å²) >= 11 is 0. The average Bonchev–Trinajstić information content (AvgIpc) is 3.36. The van der Waals surface area contributed by atoms with Crippen LogP contribution in [0.1, 0.15) is 31.2 Å². The van der Waals surface area contributed by atoms with E-state index in [-0.39, 0.29) is 6.10 Å². The molecule has 0 atom stereocenters. The van der Waals surface area contributed by atoms with Crippen LogP contribution in [0.25, 0.3) is 11.3 Å². The largest absolute Gasteiger partial charge is 0.493 e. The number of hydrogen-bond donors (Lipinski definition) is 1. The van der Waals surface area contributed by atoms with Gasteiger partial charge in [-0.25, -0.2) is 0 Å². The smallest absolute Gasteiger partial charge is 0.162 e. The second-order valence-electron chi connectivity index (χ2n) is 7.03. The first-order chi connectivity index (χ1) is 13.2. The number of anilines is 1. The number of methoxy groups -OCH3 is 1. The van der Waals surface area contributed by atoms with Crippen LogP contribution in [0, 0.1) is 0 Å². The van der Waals surface area contributed by atoms with E-state index in [1.165, 1.54) is 18.4 Å². The zero-order chi connectivity index (χ0) is 18.6. The Morgan fingerprint density at radius 3 is 2.56 bits per heavy atom. The zero-order valence-corrected chi connectivity index (χ0v) is 15.6. The number of nitrogens with two attached hydrogens (primary N) is 1. The van der Waals surface area contributed by atoms with Crippen LogP contribution in [0.2, 0.25) is 0 Å². The number of aromatic nitrogens is 2. The minimum Gasteiger partial charge on any atom is -0.493 e. The number of benzene rings is 2. The molecule has 3 aromatic rings. The second-order valence-corrected chi connectivity index (χ2v) is 7.03. The van der Waals surface area contributed by atoms with Crippen LogP contribution in [-0.4, -0.2) is 23.0 Å². The summed E-state index contributed by atoms with van der Waals surface area (Å²) < 4.78 is 13.6.